The second-order valence-corrected chi connectivity index (χ2v) is 5.39. The van der Waals surface area contributed by atoms with E-state index in [9.17, 15) is 0 Å². The number of rotatable bonds is 2. The van der Waals surface area contributed by atoms with E-state index in [0.29, 0.717) is 16.1 Å². The molecule has 0 aliphatic heterocycles. The molecule has 1 nitrogen and oxygen atoms in total. The summed E-state index contributed by atoms with van der Waals surface area (Å²) in [5.41, 5.74) is 0. The lowest BCUT2D eigenvalue weighted by molar-refractivity contribution is 0.210. The van der Waals surface area contributed by atoms with Gasteiger partial charge in [-0.3, -0.25) is 0 Å². The van der Waals surface area contributed by atoms with Crippen molar-refractivity contribution in [3.05, 3.63) is 26.7 Å². The molecule has 0 N–H and O–H groups in total. The van der Waals surface area contributed by atoms with Crippen LogP contribution in [0.3, 0.4) is 0 Å². The van der Waals surface area contributed by atoms with Gasteiger partial charge in [-0.15, -0.1) is 0 Å². The number of hydrogen-bond donors (Lipinski definition) is 0. The Morgan fingerprint density at radius 3 is 2.47 bits per heavy atom. The molecule has 1 saturated carbocycles. The molecule has 0 aromatic heterocycles. The first kappa shape index (κ1) is 11.6. The summed E-state index contributed by atoms with van der Waals surface area (Å²) in [6, 6.07) is 3.54. The SMILES string of the molecule is Clc1cc(Cl)c(OC2CCCC2)cc1Br. The zero-order chi connectivity index (χ0) is 10.8. The minimum Gasteiger partial charge on any atom is -0.489 e. The van der Waals surface area contributed by atoms with Gasteiger partial charge in [-0.25, -0.2) is 0 Å². The summed E-state index contributed by atoms with van der Waals surface area (Å²) in [4.78, 5) is 0. The average Bonchev–Trinajstić information content (AvgIpc) is 2.67. The summed E-state index contributed by atoms with van der Waals surface area (Å²) in [5, 5.41) is 1.19. The minimum atomic E-state index is 0.315. The molecule has 0 radical (unpaired) electrons. The topological polar surface area (TPSA) is 9.23 Å². The zero-order valence-corrected chi connectivity index (χ0v) is 11.2. The van der Waals surface area contributed by atoms with Crippen LogP contribution in [0.5, 0.6) is 5.75 Å². The van der Waals surface area contributed by atoms with Crippen molar-refractivity contribution in [3.63, 3.8) is 0 Å². The zero-order valence-electron chi connectivity index (χ0n) is 8.10. The van der Waals surface area contributed by atoms with Crippen molar-refractivity contribution < 1.29 is 4.74 Å². The highest BCUT2D eigenvalue weighted by Gasteiger charge is 2.18. The van der Waals surface area contributed by atoms with E-state index in [1.807, 2.05) is 6.07 Å². The van der Waals surface area contributed by atoms with Gasteiger partial charge in [-0.1, -0.05) is 23.2 Å². The maximum atomic E-state index is 6.05. The number of ether oxygens (including phenoxy) is 1. The Morgan fingerprint density at radius 2 is 1.80 bits per heavy atom. The molecule has 82 valence electrons. The second kappa shape index (κ2) is 4.94. The molecule has 4 heteroatoms. The van der Waals surface area contributed by atoms with E-state index in [0.717, 1.165) is 23.1 Å². The van der Waals surface area contributed by atoms with Gasteiger partial charge in [0, 0.05) is 4.47 Å². The maximum absolute atomic E-state index is 6.05. The van der Waals surface area contributed by atoms with Crippen molar-refractivity contribution in [1.82, 2.24) is 0 Å². The highest BCUT2D eigenvalue weighted by molar-refractivity contribution is 9.10. The highest BCUT2D eigenvalue weighted by atomic mass is 79.9. The third-order valence-electron chi connectivity index (χ3n) is 2.57. The molecule has 0 unspecified atom stereocenters. The van der Waals surface area contributed by atoms with Gasteiger partial charge in [0.05, 0.1) is 16.1 Å². The van der Waals surface area contributed by atoms with Crippen LogP contribution in [-0.4, -0.2) is 6.10 Å². The molecule has 1 aliphatic rings. The fourth-order valence-corrected chi connectivity index (χ4v) is 2.53. The normalized spacial score (nSPS) is 17.0. The summed E-state index contributed by atoms with van der Waals surface area (Å²) < 4.78 is 6.64. The van der Waals surface area contributed by atoms with Gasteiger partial charge in [0.1, 0.15) is 5.75 Å². The molecule has 15 heavy (non-hydrogen) atoms. The van der Waals surface area contributed by atoms with Crippen LogP contribution in [0.15, 0.2) is 16.6 Å². The monoisotopic (exact) mass is 308 g/mol. The molecule has 0 heterocycles. The highest BCUT2D eigenvalue weighted by Crippen LogP contribution is 2.36. The van der Waals surface area contributed by atoms with Gasteiger partial charge in [0.15, 0.2) is 0 Å². The van der Waals surface area contributed by atoms with Crippen molar-refractivity contribution in [2.45, 2.75) is 31.8 Å². The Morgan fingerprint density at radius 1 is 1.13 bits per heavy atom. The standard InChI is InChI=1S/C11H11BrCl2O/c12-8-5-11(10(14)6-9(8)13)15-7-3-1-2-4-7/h5-7H,1-4H2. The lowest BCUT2D eigenvalue weighted by Crippen LogP contribution is -2.11. The Bertz CT molecular complexity index is 362. The number of halogens is 3. The van der Waals surface area contributed by atoms with E-state index in [1.54, 1.807) is 6.07 Å². The maximum Gasteiger partial charge on any atom is 0.139 e. The smallest absolute Gasteiger partial charge is 0.139 e. The number of benzene rings is 1. The quantitative estimate of drug-likeness (QED) is 0.692. The van der Waals surface area contributed by atoms with E-state index in [2.05, 4.69) is 15.9 Å². The minimum absolute atomic E-state index is 0.315. The van der Waals surface area contributed by atoms with Crippen LogP contribution in [0.1, 0.15) is 25.7 Å². The van der Waals surface area contributed by atoms with E-state index >= 15 is 0 Å². The first-order chi connectivity index (χ1) is 7.16. The van der Waals surface area contributed by atoms with Crippen molar-refractivity contribution in [2.24, 2.45) is 0 Å². The molecule has 0 bridgehead atoms. The van der Waals surface area contributed by atoms with Gasteiger partial charge in [-0.05, 0) is 53.7 Å². The van der Waals surface area contributed by atoms with E-state index in [-0.39, 0.29) is 0 Å². The molecule has 0 saturated heterocycles. The van der Waals surface area contributed by atoms with E-state index < -0.39 is 0 Å². The molecule has 1 aromatic rings. The van der Waals surface area contributed by atoms with Crippen molar-refractivity contribution >= 4 is 39.1 Å². The van der Waals surface area contributed by atoms with Crippen LogP contribution in [0.4, 0.5) is 0 Å². The van der Waals surface area contributed by atoms with Gasteiger partial charge >= 0.3 is 0 Å². The van der Waals surface area contributed by atoms with Gasteiger partial charge in [0.2, 0.25) is 0 Å². The van der Waals surface area contributed by atoms with Crippen LogP contribution in [0.25, 0.3) is 0 Å². The Balaban J connectivity index is 2.16. The summed E-state index contributed by atoms with van der Waals surface area (Å²) in [7, 11) is 0. The molecular weight excluding hydrogens is 299 g/mol. The summed E-state index contributed by atoms with van der Waals surface area (Å²) in [5.74, 6) is 0.722. The fourth-order valence-electron chi connectivity index (χ4n) is 1.78. The van der Waals surface area contributed by atoms with E-state index in [1.165, 1.54) is 12.8 Å². The average molecular weight is 310 g/mol. The first-order valence-electron chi connectivity index (χ1n) is 4.98. The number of hydrogen-bond acceptors (Lipinski definition) is 1. The van der Waals surface area contributed by atoms with Crippen molar-refractivity contribution in [2.75, 3.05) is 0 Å². The lowest BCUT2D eigenvalue weighted by atomic mass is 10.3. The van der Waals surface area contributed by atoms with Crippen LogP contribution < -0.4 is 4.74 Å². The van der Waals surface area contributed by atoms with Crippen molar-refractivity contribution in [3.8, 4) is 5.75 Å². The lowest BCUT2D eigenvalue weighted by Gasteiger charge is -2.14. The second-order valence-electron chi connectivity index (χ2n) is 3.72. The predicted octanol–water partition coefficient (Wildman–Crippen LogP) is 5.08. The molecular formula is C11H11BrCl2O. The predicted molar refractivity (Wildman–Crippen MR) is 67.0 cm³/mol. The fraction of sp³-hybridized carbons (Fsp3) is 0.455. The van der Waals surface area contributed by atoms with Gasteiger partial charge in [0.25, 0.3) is 0 Å². The molecule has 0 spiro atoms. The van der Waals surface area contributed by atoms with Gasteiger partial charge in [-0.2, -0.15) is 0 Å². The third-order valence-corrected chi connectivity index (χ3v) is 4.06. The largest absolute Gasteiger partial charge is 0.489 e. The Hall–Kier alpha value is 0.0800. The summed E-state index contributed by atoms with van der Waals surface area (Å²) in [6.45, 7) is 0. The molecule has 0 atom stereocenters. The van der Waals surface area contributed by atoms with Crippen LogP contribution in [-0.2, 0) is 0 Å². The molecule has 1 fully saturated rings. The molecule has 1 aliphatic carbocycles. The molecule has 2 rings (SSSR count). The first-order valence-corrected chi connectivity index (χ1v) is 6.53. The summed E-state index contributed by atoms with van der Waals surface area (Å²) >= 11 is 15.3. The van der Waals surface area contributed by atoms with E-state index in [4.69, 9.17) is 27.9 Å². The Kier molecular flexibility index (Phi) is 3.81. The summed E-state index contributed by atoms with van der Waals surface area (Å²) in [6.07, 6.45) is 5.05. The molecule has 0 amide bonds. The van der Waals surface area contributed by atoms with Crippen LogP contribution >= 0.6 is 39.1 Å². The third kappa shape index (κ3) is 2.80. The van der Waals surface area contributed by atoms with Crippen LogP contribution in [0, 0.1) is 0 Å². The molecule has 1 aromatic carbocycles. The van der Waals surface area contributed by atoms with Crippen LogP contribution in [0.2, 0.25) is 10.0 Å². The Labute approximate surface area is 108 Å². The van der Waals surface area contributed by atoms with Gasteiger partial charge < -0.3 is 4.74 Å². The van der Waals surface area contributed by atoms with Crippen molar-refractivity contribution in [1.29, 1.82) is 0 Å².